The highest BCUT2D eigenvalue weighted by molar-refractivity contribution is 6.32. The third kappa shape index (κ3) is 7.73. The van der Waals surface area contributed by atoms with Crippen LogP contribution in [-0.2, 0) is 0 Å². The third-order valence-electron chi connectivity index (χ3n) is 6.30. The zero-order chi connectivity index (χ0) is 25.9. The van der Waals surface area contributed by atoms with Crippen molar-refractivity contribution in [1.29, 1.82) is 0 Å². The number of carbonyl (C=O) groups excluding carboxylic acids is 1. The summed E-state index contributed by atoms with van der Waals surface area (Å²) in [7, 11) is 0. The van der Waals surface area contributed by atoms with Crippen LogP contribution < -0.4 is 19.6 Å². The molecule has 0 radical (unpaired) electrons. The van der Waals surface area contributed by atoms with Crippen molar-refractivity contribution in [1.82, 2.24) is 5.43 Å². The predicted octanol–water partition coefficient (Wildman–Crippen LogP) is 7.01. The van der Waals surface area contributed by atoms with Gasteiger partial charge in [0.1, 0.15) is 19.0 Å². The maximum absolute atomic E-state index is 12.2. The Kier molecular flexibility index (Phi) is 9.83. The Hall–Kier alpha value is -3.51. The number of benzene rings is 3. The summed E-state index contributed by atoms with van der Waals surface area (Å²) in [4.78, 5) is 12.2. The van der Waals surface area contributed by atoms with Crippen LogP contribution >= 0.6 is 11.6 Å². The first-order valence-electron chi connectivity index (χ1n) is 12.8. The monoisotopic (exact) mass is 520 g/mol. The maximum Gasteiger partial charge on any atom is 0.271 e. The number of hydrogen-bond acceptors (Lipinski definition) is 5. The van der Waals surface area contributed by atoms with E-state index in [0.29, 0.717) is 53.4 Å². The summed E-state index contributed by atoms with van der Waals surface area (Å²) in [5.41, 5.74) is 5.11. The van der Waals surface area contributed by atoms with Gasteiger partial charge in [0.25, 0.3) is 5.91 Å². The molecule has 3 aromatic rings. The quantitative estimate of drug-likeness (QED) is 0.168. The number of nitrogens with one attached hydrogen (secondary N) is 1. The molecule has 0 unspecified atom stereocenters. The van der Waals surface area contributed by atoms with Crippen LogP contribution in [0.25, 0.3) is 0 Å². The van der Waals surface area contributed by atoms with Crippen LogP contribution in [0.15, 0.2) is 71.8 Å². The molecular formula is C30H33ClN2O4. The van der Waals surface area contributed by atoms with Crippen LogP contribution in [-0.4, -0.2) is 31.9 Å². The number of halogens is 1. The molecule has 0 atom stereocenters. The average molecular weight is 521 g/mol. The van der Waals surface area contributed by atoms with E-state index in [2.05, 4.69) is 22.7 Å². The van der Waals surface area contributed by atoms with Crippen molar-refractivity contribution in [3.63, 3.8) is 0 Å². The van der Waals surface area contributed by atoms with Crippen molar-refractivity contribution >= 4 is 23.7 Å². The fourth-order valence-electron chi connectivity index (χ4n) is 4.46. The van der Waals surface area contributed by atoms with Gasteiger partial charge in [-0.2, -0.15) is 5.10 Å². The molecule has 1 saturated carbocycles. The van der Waals surface area contributed by atoms with Gasteiger partial charge < -0.3 is 14.2 Å². The normalized spacial score (nSPS) is 13.9. The number of nitrogens with zero attached hydrogens (tertiary/aromatic N) is 1. The zero-order valence-corrected chi connectivity index (χ0v) is 21.9. The summed E-state index contributed by atoms with van der Waals surface area (Å²) in [6.07, 6.45) is 8.08. The Labute approximate surface area is 223 Å². The maximum atomic E-state index is 12.2. The minimum absolute atomic E-state index is 0.295. The number of ether oxygens (including phenoxy) is 3. The first kappa shape index (κ1) is 26.6. The van der Waals surface area contributed by atoms with E-state index >= 15 is 0 Å². The molecule has 1 aliphatic rings. The predicted molar refractivity (Wildman–Crippen MR) is 147 cm³/mol. The summed E-state index contributed by atoms with van der Waals surface area (Å²) in [5.74, 6) is 2.16. The molecule has 0 bridgehead atoms. The van der Waals surface area contributed by atoms with E-state index in [1.54, 1.807) is 36.4 Å². The SMILES string of the molecule is CCOc1cc(/C=N/NC(=O)c2ccccc2)cc(Cl)c1OCCOc1ccc(C2CCCCC2)cc1. The number of hydrazone groups is 1. The second kappa shape index (κ2) is 13.7. The molecule has 37 heavy (non-hydrogen) atoms. The first-order chi connectivity index (χ1) is 18.1. The molecule has 0 saturated heterocycles. The second-order valence-electron chi connectivity index (χ2n) is 8.93. The molecule has 0 aromatic heterocycles. The molecule has 0 heterocycles. The first-order valence-corrected chi connectivity index (χ1v) is 13.2. The molecular weight excluding hydrogens is 488 g/mol. The molecule has 6 nitrogen and oxygen atoms in total. The fourth-order valence-corrected chi connectivity index (χ4v) is 4.73. The van der Waals surface area contributed by atoms with Gasteiger partial charge in [0.05, 0.1) is 17.8 Å². The van der Waals surface area contributed by atoms with E-state index in [-0.39, 0.29) is 5.91 Å². The van der Waals surface area contributed by atoms with Gasteiger partial charge in [-0.25, -0.2) is 5.43 Å². The van der Waals surface area contributed by atoms with Crippen molar-refractivity contribution in [2.24, 2.45) is 5.10 Å². The molecule has 1 N–H and O–H groups in total. The Morgan fingerprint density at radius 3 is 2.43 bits per heavy atom. The summed E-state index contributed by atoms with van der Waals surface area (Å²) in [5, 5.41) is 4.42. The molecule has 0 spiro atoms. The van der Waals surface area contributed by atoms with Gasteiger partial charge in [0, 0.05) is 5.56 Å². The van der Waals surface area contributed by atoms with Gasteiger partial charge in [-0.1, -0.05) is 61.2 Å². The van der Waals surface area contributed by atoms with Crippen molar-refractivity contribution in [3.05, 3.63) is 88.4 Å². The second-order valence-corrected chi connectivity index (χ2v) is 9.34. The lowest BCUT2D eigenvalue weighted by molar-refractivity contribution is 0.0955. The van der Waals surface area contributed by atoms with E-state index in [0.717, 1.165) is 5.75 Å². The molecule has 7 heteroatoms. The molecule has 0 aliphatic heterocycles. The lowest BCUT2D eigenvalue weighted by atomic mass is 9.84. The Morgan fingerprint density at radius 1 is 0.973 bits per heavy atom. The molecule has 1 aliphatic carbocycles. The van der Waals surface area contributed by atoms with E-state index < -0.39 is 0 Å². The summed E-state index contributed by atoms with van der Waals surface area (Å²) < 4.78 is 17.5. The van der Waals surface area contributed by atoms with Gasteiger partial charge in [0.15, 0.2) is 11.5 Å². The Balaban J connectivity index is 1.30. The Bertz CT molecular complexity index is 1180. The van der Waals surface area contributed by atoms with Gasteiger partial charge in [-0.15, -0.1) is 0 Å². The number of carbonyl (C=O) groups is 1. The highest BCUT2D eigenvalue weighted by Gasteiger charge is 2.15. The van der Waals surface area contributed by atoms with Crippen LogP contribution in [0, 0.1) is 0 Å². The van der Waals surface area contributed by atoms with Crippen molar-refractivity contribution < 1.29 is 19.0 Å². The Morgan fingerprint density at radius 2 is 1.70 bits per heavy atom. The number of hydrogen-bond donors (Lipinski definition) is 1. The van der Waals surface area contributed by atoms with E-state index in [1.807, 2.05) is 25.1 Å². The van der Waals surface area contributed by atoms with E-state index in [9.17, 15) is 4.79 Å². The van der Waals surface area contributed by atoms with Gasteiger partial charge in [-0.05, 0) is 73.2 Å². The molecule has 4 rings (SSSR count). The van der Waals surface area contributed by atoms with Crippen LogP contribution in [0.3, 0.4) is 0 Å². The zero-order valence-electron chi connectivity index (χ0n) is 21.1. The van der Waals surface area contributed by atoms with E-state index in [4.69, 9.17) is 25.8 Å². The molecule has 1 amide bonds. The van der Waals surface area contributed by atoms with Crippen molar-refractivity contribution in [2.45, 2.75) is 44.9 Å². The standard InChI is InChI=1S/C30H33ClN2O4/c1-2-35-28-20-22(21-32-33-30(34)25-11-7-4-8-12-25)19-27(31)29(28)37-18-17-36-26-15-13-24(14-16-26)23-9-5-3-6-10-23/h4,7-8,11-16,19-21,23H,2-3,5-6,9-10,17-18H2,1H3,(H,33,34)/b32-21+. The lowest BCUT2D eigenvalue weighted by Gasteiger charge is -2.22. The van der Waals surface area contributed by atoms with Gasteiger partial charge >= 0.3 is 0 Å². The van der Waals surface area contributed by atoms with Crippen LogP contribution in [0.1, 0.15) is 66.4 Å². The molecule has 3 aromatic carbocycles. The molecule has 1 fully saturated rings. The minimum atomic E-state index is -0.295. The largest absolute Gasteiger partial charge is 0.490 e. The van der Waals surface area contributed by atoms with Crippen LogP contribution in [0.5, 0.6) is 17.2 Å². The molecule has 194 valence electrons. The topological polar surface area (TPSA) is 69.2 Å². The summed E-state index contributed by atoms with van der Waals surface area (Å²) in [6.45, 7) is 3.02. The number of amides is 1. The minimum Gasteiger partial charge on any atom is -0.490 e. The lowest BCUT2D eigenvalue weighted by Crippen LogP contribution is -2.17. The van der Waals surface area contributed by atoms with Gasteiger partial charge in [-0.3, -0.25) is 4.79 Å². The fraction of sp³-hybridized carbons (Fsp3) is 0.333. The van der Waals surface area contributed by atoms with Gasteiger partial charge in [0.2, 0.25) is 0 Å². The summed E-state index contributed by atoms with van der Waals surface area (Å²) in [6, 6.07) is 20.8. The van der Waals surface area contributed by atoms with E-state index in [1.165, 1.54) is 43.9 Å². The van der Waals surface area contributed by atoms with Crippen molar-refractivity contribution in [3.8, 4) is 17.2 Å². The number of rotatable bonds is 11. The average Bonchev–Trinajstić information content (AvgIpc) is 2.93. The highest BCUT2D eigenvalue weighted by atomic mass is 35.5. The van der Waals surface area contributed by atoms with Crippen LogP contribution in [0.2, 0.25) is 5.02 Å². The third-order valence-corrected chi connectivity index (χ3v) is 6.58. The highest BCUT2D eigenvalue weighted by Crippen LogP contribution is 2.36. The van der Waals surface area contributed by atoms with Crippen LogP contribution in [0.4, 0.5) is 0 Å². The smallest absolute Gasteiger partial charge is 0.271 e. The van der Waals surface area contributed by atoms with Crippen molar-refractivity contribution in [2.75, 3.05) is 19.8 Å². The summed E-state index contributed by atoms with van der Waals surface area (Å²) >= 11 is 6.50.